The first-order valence-corrected chi connectivity index (χ1v) is 9.59. The molecule has 1 N–H and O–H groups in total. The Morgan fingerprint density at radius 1 is 1.00 bits per heavy atom. The first kappa shape index (κ1) is 20.3. The largest absolute Gasteiger partial charge is 0.339 e. The number of carbonyl (C=O) groups is 2. The van der Waals surface area contributed by atoms with Gasteiger partial charge in [-0.2, -0.15) is 0 Å². The van der Waals surface area contributed by atoms with Crippen LogP contribution in [0.15, 0.2) is 24.3 Å². The molecule has 1 aromatic rings. The van der Waals surface area contributed by atoms with Gasteiger partial charge < -0.3 is 15.1 Å². The first-order chi connectivity index (χ1) is 12.2. The Bertz CT molecular complexity index is 609. The molecule has 0 saturated carbocycles. The molecule has 0 unspecified atom stereocenters. The first-order valence-electron chi connectivity index (χ1n) is 9.59. The van der Waals surface area contributed by atoms with Gasteiger partial charge >= 0.3 is 6.03 Å². The fraction of sp³-hybridized carbons (Fsp3) is 0.619. The minimum absolute atomic E-state index is 0.0361. The summed E-state index contributed by atoms with van der Waals surface area (Å²) in [5.41, 5.74) is 2.65. The number of nitrogens with zero attached hydrogens (tertiary/aromatic N) is 2. The van der Waals surface area contributed by atoms with E-state index >= 15 is 0 Å². The number of urea groups is 1. The molecule has 1 saturated heterocycles. The highest BCUT2D eigenvalue weighted by molar-refractivity contribution is 5.78. The Hall–Kier alpha value is -2.04. The van der Waals surface area contributed by atoms with Gasteiger partial charge in [0, 0.05) is 38.6 Å². The topological polar surface area (TPSA) is 52.7 Å². The van der Waals surface area contributed by atoms with E-state index in [4.69, 9.17) is 0 Å². The maximum Gasteiger partial charge on any atom is 0.317 e. The van der Waals surface area contributed by atoms with Gasteiger partial charge in [0.15, 0.2) is 0 Å². The van der Waals surface area contributed by atoms with E-state index in [0.29, 0.717) is 32.6 Å². The molecule has 26 heavy (non-hydrogen) atoms. The molecule has 3 amide bonds. The lowest BCUT2D eigenvalue weighted by Gasteiger charge is -2.35. The summed E-state index contributed by atoms with van der Waals surface area (Å²) >= 11 is 0. The van der Waals surface area contributed by atoms with Crippen molar-refractivity contribution < 1.29 is 9.59 Å². The molecule has 5 heteroatoms. The van der Waals surface area contributed by atoms with Crippen LogP contribution in [0, 0.1) is 0 Å². The van der Waals surface area contributed by atoms with Gasteiger partial charge in [0.1, 0.15) is 0 Å². The lowest BCUT2D eigenvalue weighted by Crippen LogP contribution is -2.54. The smallest absolute Gasteiger partial charge is 0.317 e. The summed E-state index contributed by atoms with van der Waals surface area (Å²) in [7, 11) is 0. The van der Waals surface area contributed by atoms with E-state index in [-0.39, 0.29) is 23.4 Å². The second-order valence-electron chi connectivity index (χ2n) is 8.42. The van der Waals surface area contributed by atoms with Crippen LogP contribution >= 0.6 is 0 Å². The van der Waals surface area contributed by atoms with Crippen LogP contribution in [0.25, 0.3) is 0 Å². The standard InChI is InChI=1S/C21H33N3O2/c1-16(2)22-20(26)24-14-12-23(13-15-24)19(25)11-8-17-6-9-18(10-7-17)21(3,4)5/h6-7,9-10,16H,8,11-15H2,1-5H3,(H,22,26). The van der Waals surface area contributed by atoms with E-state index in [0.717, 1.165) is 6.42 Å². The van der Waals surface area contributed by atoms with Crippen molar-refractivity contribution in [2.75, 3.05) is 26.2 Å². The van der Waals surface area contributed by atoms with Crippen molar-refractivity contribution in [1.82, 2.24) is 15.1 Å². The Morgan fingerprint density at radius 3 is 2.04 bits per heavy atom. The molecular weight excluding hydrogens is 326 g/mol. The molecule has 2 rings (SSSR count). The number of piperazine rings is 1. The summed E-state index contributed by atoms with van der Waals surface area (Å²) in [6.07, 6.45) is 1.28. The van der Waals surface area contributed by atoms with Crippen molar-refractivity contribution in [3.05, 3.63) is 35.4 Å². The zero-order chi connectivity index (χ0) is 19.3. The summed E-state index contributed by atoms with van der Waals surface area (Å²) in [5.74, 6) is 0.175. The number of hydrogen-bond acceptors (Lipinski definition) is 2. The molecule has 1 aliphatic heterocycles. The van der Waals surface area contributed by atoms with Gasteiger partial charge in [0.05, 0.1) is 0 Å². The number of amides is 3. The molecule has 144 valence electrons. The molecule has 0 bridgehead atoms. The quantitative estimate of drug-likeness (QED) is 0.898. The average molecular weight is 360 g/mol. The van der Waals surface area contributed by atoms with E-state index in [1.54, 1.807) is 4.90 Å². The Labute approximate surface area is 157 Å². The second kappa shape index (κ2) is 8.56. The van der Waals surface area contributed by atoms with Crippen LogP contribution in [0.4, 0.5) is 4.79 Å². The molecule has 0 spiro atoms. The molecule has 1 aliphatic rings. The summed E-state index contributed by atoms with van der Waals surface area (Å²) in [6, 6.07) is 8.67. The summed E-state index contributed by atoms with van der Waals surface area (Å²) in [6.45, 7) is 12.9. The number of rotatable bonds is 4. The van der Waals surface area contributed by atoms with Crippen LogP contribution in [0.5, 0.6) is 0 Å². The normalized spacial score (nSPS) is 15.3. The Morgan fingerprint density at radius 2 is 1.54 bits per heavy atom. The van der Waals surface area contributed by atoms with E-state index in [2.05, 4.69) is 50.4 Å². The average Bonchev–Trinajstić information content (AvgIpc) is 2.59. The van der Waals surface area contributed by atoms with Crippen LogP contribution < -0.4 is 5.32 Å². The third-order valence-electron chi connectivity index (χ3n) is 4.78. The molecule has 1 fully saturated rings. The molecule has 0 radical (unpaired) electrons. The second-order valence-corrected chi connectivity index (χ2v) is 8.42. The predicted octanol–water partition coefficient (Wildman–Crippen LogP) is 3.18. The Kier molecular flexibility index (Phi) is 6.68. The number of hydrogen-bond donors (Lipinski definition) is 1. The monoisotopic (exact) mass is 359 g/mol. The third-order valence-corrected chi connectivity index (χ3v) is 4.78. The van der Waals surface area contributed by atoms with E-state index in [1.165, 1.54) is 11.1 Å². The van der Waals surface area contributed by atoms with Crippen LogP contribution in [0.1, 0.15) is 52.2 Å². The number of aryl methyl sites for hydroxylation is 1. The van der Waals surface area contributed by atoms with Gasteiger partial charge in [-0.15, -0.1) is 0 Å². The van der Waals surface area contributed by atoms with Crippen molar-refractivity contribution >= 4 is 11.9 Å². The molecule has 0 atom stereocenters. The minimum atomic E-state index is -0.0361. The minimum Gasteiger partial charge on any atom is -0.339 e. The van der Waals surface area contributed by atoms with Crippen LogP contribution in [-0.2, 0) is 16.6 Å². The Balaban J connectivity index is 1.78. The summed E-state index contributed by atoms with van der Waals surface area (Å²) < 4.78 is 0. The predicted molar refractivity (Wildman–Crippen MR) is 105 cm³/mol. The molecule has 0 aromatic heterocycles. The van der Waals surface area contributed by atoms with Crippen LogP contribution in [-0.4, -0.2) is 54.0 Å². The molecule has 1 heterocycles. The number of carbonyl (C=O) groups excluding carboxylic acids is 2. The SMILES string of the molecule is CC(C)NC(=O)N1CCN(C(=O)CCc2ccc(C(C)(C)C)cc2)CC1. The summed E-state index contributed by atoms with van der Waals surface area (Å²) in [5, 5.41) is 2.90. The highest BCUT2D eigenvalue weighted by Gasteiger charge is 2.24. The molecule has 1 aromatic carbocycles. The molecular formula is C21H33N3O2. The van der Waals surface area contributed by atoms with Gasteiger partial charge in [0.2, 0.25) is 5.91 Å². The lowest BCUT2D eigenvalue weighted by molar-refractivity contribution is -0.132. The van der Waals surface area contributed by atoms with Crippen molar-refractivity contribution in [2.45, 2.75) is 58.9 Å². The van der Waals surface area contributed by atoms with Crippen molar-refractivity contribution in [2.24, 2.45) is 0 Å². The summed E-state index contributed by atoms with van der Waals surface area (Å²) in [4.78, 5) is 28.1. The number of benzene rings is 1. The lowest BCUT2D eigenvalue weighted by atomic mass is 9.86. The van der Waals surface area contributed by atoms with Crippen molar-refractivity contribution in [3.63, 3.8) is 0 Å². The van der Waals surface area contributed by atoms with Crippen LogP contribution in [0.2, 0.25) is 0 Å². The van der Waals surface area contributed by atoms with Gasteiger partial charge in [-0.3, -0.25) is 4.79 Å². The van der Waals surface area contributed by atoms with Gasteiger partial charge in [0.25, 0.3) is 0 Å². The van der Waals surface area contributed by atoms with Crippen LogP contribution in [0.3, 0.4) is 0 Å². The fourth-order valence-corrected chi connectivity index (χ4v) is 3.08. The zero-order valence-corrected chi connectivity index (χ0v) is 16.8. The maximum atomic E-state index is 12.5. The van der Waals surface area contributed by atoms with Gasteiger partial charge in [-0.05, 0) is 36.8 Å². The molecule has 5 nitrogen and oxygen atoms in total. The van der Waals surface area contributed by atoms with Gasteiger partial charge in [-0.25, -0.2) is 4.79 Å². The number of nitrogens with one attached hydrogen (secondary N) is 1. The van der Waals surface area contributed by atoms with Crippen molar-refractivity contribution in [3.8, 4) is 0 Å². The fourth-order valence-electron chi connectivity index (χ4n) is 3.08. The van der Waals surface area contributed by atoms with E-state index in [9.17, 15) is 9.59 Å². The van der Waals surface area contributed by atoms with E-state index in [1.807, 2.05) is 18.7 Å². The highest BCUT2D eigenvalue weighted by Crippen LogP contribution is 2.22. The highest BCUT2D eigenvalue weighted by atomic mass is 16.2. The third kappa shape index (κ3) is 5.75. The van der Waals surface area contributed by atoms with Gasteiger partial charge in [-0.1, -0.05) is 45.0 Å². The maximum absolute atomic E-state index is 12.5. The zero-order valence-electron chi connectivity index (χ0n) is 16.8. The molecule has 0 aliphatic carbocycles. The van der Waals surface area contributed by atoms with Crippen molar-refractivity contribution in [1.29, 1.82) is 0 Å². The van der Waals surface area contributed by atoms with E-state index < -0.39 is 0 Å².